The van der Waals surface area contributed by atoms with Crippen LogP contribution >= 0.6 is 11.8 Å². The molecule has 1 aromatic heterocycles. The molecule has 0 amide bonds. The maximum Gasteiger partial charge on any atom is 0.359 e. The number of aromatic nitrogens is 3. The lowest BCUT2D eigenvalue weighted by molar-refractivity contribution is 0.0686. The van der Waals surface area contributed by atoms with Crippen molar-refractivity contribution in [2.24, 2.45) is 0 Å². The van der Waals surface area contributed by atoms with Gasteiger partial charge in [0.2, 0.25) is 5.69 Å². The summed E-state index contributed by atoms with van der Waals surface area (Å²) in [5.41, 5.74) is 3.42. The minimum atomic E-state index is -1.09. The van der Waals surface area contributed by atoms with Crippen molar-refractivity contribution >= 4 is 17.7 Å². The second-order valence-electron chi connectivity index (χ2n) is 4.77. The van der Waals surface area contributed by atoms with Gasteiger partial charge >= 0.3 is 5.97 Å². The summed E-state index contributed by atoms with van der Waals surface area (Å²) in [5, 5.41) is 19.2. The van der Waals surface area contributed by atoms with Gasteiger partial charge in [-0.25, -0.2) is 4.79 Å². The van der Waals surface area contributed by atoms with E-state index in [-0.39, 0.29) is 5.69 Å². The highest BCUT2D eigenvalue weighted by molar-refractivity contribution is 7.99. The molecule has 0 unspecified atom stereocenters. The lowest BCUT2D eigenvalue weighted by atomic mass is 10.0. The Morgan fingerprint density at radius 3 is 2.18 bits per heavy atom. The van der Waals surface area contributed by atoms with Crippen molar-refractivity contribution in [2.75, 3.05) is 0 Å². The smallest absolute Gasteiger partial charge is 0.359 e. The van der Waals surface area contributed by atoms with Gasteiger partial charge in [-0.2, -0.15) is 5.21 Å². The molecule has 5 nitrogen and oxygen atoms in total. The molecule has 0 saturated heterocycles. The van der Waals surface area contributed by atoms with Gasteiger partial charge in [-0.1, -0.05) is 53.7 Å². The fourth-order valence-electron chi connectivity index (χ4n) is 2.00. The van der Waals surface area contributed by atoms with E-state index in [2.05, 4.69) is 46.6 Å². The lowest BCUT2D eigenvalue weighted by Gasteiger charge is -2.04. The molecule has 0 radical (unpaired) electrons. The predicted molar refractivity (Wildman–Crippen MR) is 84.1 cm³/mol. The Hall–Kier alpha value is -2.60. The van der Waals surface area contributed by atoms with Crippen molar-refractivity contribution in [1.29, 1.82) is 0 Å². The second kappa shape index (κ2) is 6.03. The monoisotopic (exact) mass is 311 g/mol. The summed E-state index contributed by atoms with van der Waals surface area (Å²) in [7, 11) is 0. The number of benzene rings is 2. The Labute approximate surface area is 131 Å². The highest BCUT2D eigenvalue weighted by Crippen LogP contribution is 2.30. The van der Waals surface area contributed by atoms with Crippen molar-refractivity contribution in [3.63, 3.8) is 0 Å². The van der Waals surface area contributed by atoms with Crippen molar-refractivity contribution in [3.05, 3.63) is 59.8 Å². The number of carbonyl (C=O) groups is 1. The molecular formula is C16H13N3O2S. The van der Waals surface area contributed by atoms with Crippen molar-refractivity contribution in [2.45, 2.75) is 16.8 Å². The maximum atomic E-state index is 11.0. The molecule has 0 aliphatic rings. The van der Waals surface area contributed by atoms with Crippen LogP contribution in [-0.4, -0.2) is 26.5 Å². The van der Waals surface area contributed by atoms with Crippen LogP contribution in [-0.2, 0) is 0 Å². The van der Waals surface area contributed by atoms with Crippen LogP contribution < -0.4 is 0 Å². The number of carboxylic acids is 1. The largest absolute Gasteiger partial charge is 0.476 e. The average Bonchev–Trinajstić information content (AvgIpc) is 2.97. The molecular weight excluding hydrogens is 298 g/mol. The number of hydrogen-bond donors (Lipinski definition) is 2. The zero-order chi connectivity index (χ0) is 15.5. The van der Waals surface area contributed by atoms with E-state index in [1.807, 2.05) is 24.3 Å². The Bertz CT molecular complexity index is 795. The molecule has 1 heterocycles. The Kier molecular flexibility index (Phi) is 3.93. The van der Waals surface area contributed by atoms with E-state index >= 15 is 0 Å². The minimum absolute atomic E-state index is 0.0624. The molecule has 0 spiro atoms. The number of aromatic carboxylic acids is 1. The number of carboxylic acid groups (broad SMARTS) is 1. The molecule has 3 rings (SSSR count). The SMILES string of the molecule is Cc1ccc(-c2ccc(Sc3n[nH]nc3C(=O)O)cc2)cc1. The molecule has 0 saturated carbocycles. The van der Waals surface area contributed by atoms with Gasteiger partial charge in [0.15, 0.2) is 5.03 Å². The highest BCUT2D eigenvalue weighted by Gasteiger charge is 2.16. The maximum absolute atomic E-state index is 11.0. The average molecular weight is 311 g/mol. The van der Waals surface area contributed by atoms with E-state index in [0.717, 1.165) is 16.0 Å². The summed E-state index contributed by atoms with van der Waals surface area (Å²) in [5.74, 6) is -1.09. The quantitative estimate of drug-likeness (QED) is 0.769. The number of rotatable bonds is 4. The Morgan fingerprint density at radius 1 is 1.00 bits per heavy atom. The molecule has 3 aromatic rings. The van der Waals surface area contributed by atoms with Gasteiger partial charge < -0.3 is 5.11 Å². The summed E-state index contributed by atoms with van der Waals surface area (Å²) in [6, 6.07) is 16.2. The van der Waals surface area contributed by atoms with Crippen LogP contribution in [0.25, 0.3) is 11.1 Å². The van der Waals surface area contributed by atoms with Gasteiger partial charge in [0.05, 0.1) is 0 Å². The summed E-state index contributed by atoms with van der Waals surface area (Å²) in [6.07, 6.45) is 0. The van der Waals surface area contributed by atoms with E-state index in [9.17, 15) is 4.79 Å². The van der Waals surface area contributed by atoms with Crippen LogP contribution in [0.5, 0.6) is 0 Å². The van der Waals surface area contributed by atoms with E-state index < -0.39 is 5.97 Å². The number of aromatic amines is 1. The highest BCUT2D eigenvalue weighted by atomic mass is 32.2. The molecule has 2 N–H and O–H groups in total. The molecule has 6 heteroatoms. The first-order valence-corrected chi connectivity index (χ1v) is 7.44. The Balaban J connectivity index is 1.81. The molecule has 0 aliphatic carbocycles. The third-order valence-corrected chi connectivity index (χ3v) is 4.16. The van der Waals surface area contributed by atoms with Crippen LogP contribution in [0.2, 0.25) is 0 Å². The first kappa shape index (κ1) is 14.3. The third kappa shape index (κ3) is 3.01. The second-order valence-corrected chi connectivity index (χ2v) is 5.84. The van der Waals surface area contributed by atoms with E-state index in [1.54, 1.807) is 0 Å². The van der Waals surface area contributed by atoms with Crippen LogP contribution in [0.1, 0.15) is 16.1 Å². The third-order valence-electron chi connectivity index (χ3n) is 3.17. The number of aryl methyl sites for hydroxylation is 1. The van der Waals surface area contributed by atoms with E-state index in [0.29, 0.717) is 5.03 Å². The standard InChI is InChI=1S/C16H13N3O2S/c1-10-2-4-11(5-3-10)12-6-8-13(9-7-12)22-15-14(16(20)21)17-19-18-15/h2-9H,1H3,(H,20,21)(H,17,18,19). The molecule has 110 valence electrons. The topological polar surface area (TPSA) is 78.9 Å². The molecule has 0 atom stereocenters. The molecule has 2 aromatic carbocycles. The summed E-state index contributed by atoms with van der Waals surface area (Å²) >= 11 is 1.27. The van der Waals surface area contributed by atoms with E-state index in [1.165, 1.54) is 17.3 Å². The molecule has 0 fully saturated rings. The van der Waals surface area contributed by atoms with Gasteiger partial charge in [-0.05, 0) is 30.2 Å². The molecule has 22 heavy (non-hydrogen) atoms. The van der Waals surface area contributed by atoms with Crippen molar-refractivity contribution in [1.82, 2.24) is 15.4 Å². The van der Waals surface area contributed by atoms with E-state index in [4.69, 9.17) is 5.11 Å². The van der Waals surface area contributed by atoms with Gasteiger partial charge in [0.1, 0.15) is 0 Å². The van der Waals surface area contributed by atoms with Gasteiger partial charge in [0, 0.05) is 4.90 Å². The lowest BCUT2D eigenvalue weighted by Crippen LogP contribution is -1.98. The number of hydrogen-bond acceptors (Lipinski definition) is 4. The summed E-state index contributed by atoms with van der Waals surface area (Å²) in [6.45, 7) is 2.06. The molecule has 0 bridgehead atoms. The first-order chi connectivity index (χ1) is 10.6. The van der Waals surface area contributed by atoms with Crippen LogP contribution in [0.15, 0.2) is 58.5 Å². The van der Waals surface area contributed by atoms with Gasteiger partial charge in [0.25, 0.3) is 0 Å². The zero-order valence-corrected chi connectivity index (χ0v) is 12.6. The van der Waals surface area contributed by atoms with Crippen molar-refractivity contribution in [3.8, 4) is 11.1 Å². The molecule has 0 aliphatic heterocycles. The van der Waals surface area contributed by atoms with Crippen LogP contribution in [0.3, 0.4) is 0 Å². The number of H-pyrrole nitrogens is 1. The number of nitrogens with one attached hydrogen (secondary N) is 1. The van der Waals surface area contributed by atoms with Crippen LogP contribution in [0.4, 0.5) is 0 Å². The zero-order valence-electron chi connectivity index (χ0n) is 11.8. The van der Waals surface area contributed by atoms with Crippen molar-refractivity contribution < 1.29 is 9.90 Å². The van der Waals surface area contributed by atoms with Gasteiger partial charge in [-0.15, -0.1) is 10.2 Å². The fraction of sp³-hybridized carbons (Fsp3) is 0.0625. The summed E-state index contributed by atoms with van der Waals surface area (Å²) < 4.78 is 0. The normalized spacial score (nSPS) is 10.6. The van der Waals surface area contributed by atoms with Crippen LogP contribution in [0, 0.1) is 6.92 Å². The Morgan fingerprint density at radius 2 is 1.59 bits per heavy atom. The minimum Gasteiger partial charge on any atom is -0.476 e. The first-order valence-electron chi connectivity index (χ1n) is 6.62. The summed E-state index contributed by atoms with van der Waals surface area (Å²) in [4.78, 5) is 11.9. The predicted octanol–water partition coefficient (Wildman–Crippen LogP) is 3.63. The number of nitrogens with zero attached hydrogens (tertiary/aromatic N) is 2. The van der Waals surface area contributed by atoms with Gasteiger partial charge in [-0.3, -0.25) is 0 Å². The fourth-order valence-corrected chi connectivity index (χ4v) is 2.82.